The van der Waals surface area contributed by atoms with Crippen molar-refractivity contribution >= 4 is 32.7 Å². The molecule has 3 aromatic rings. The van der Waals surface area contributed by atoms with Crippen LogP contribution in [0.3, 0.4) is 0 Å². The van der Waals surface area contributed by atoms with Gasteiger partial charge in [0.1, 0.15) is 0 Å². The van der Waals surface area contributed by atoms with Crippen molar-refractivity contribution in [1.29, 1.82) is 0 Å². The zero-order chi connectivity index (χ0) is 22.6. The fraction of sp³-hybridized carbons (Fsp3) is 0.429. The molecule has 4 heteroatoms. The summed E-state index contributed by atoms with van der Waals surface area (Å²) in [6.45, 7) is 2.98. The van der Waals surface area contributed by atoms with Gasteiger partial charge in [-0.05, 0) is 30.7 Å². The number of pyridine rings is 1. The molecule has 0 fully saturated rings. The molecule has 1 aromatic heterocycles. The highest BCUT2D eigenvalue weighted by molar-refractivity contribution is 9.10. The summed E-state index contributed by atoms with van der Waals surface area (Å²) < 4.78 is 0.997. The van der Waals surface area contributed by atoms with Crippen molar-refractivity contribution in [1.82, 2.24) is 10.3 Å². The Morgan fingerprint density at radius 2 is 1.53 bits per heavy atom. The molecular formula is C28H35BrN2O. The van der Waals surface area contributed by atoms with Crippen molar-refractivity contribution in [3.05, 3.63) is 64.6 Å². The Hall–Kier alpha value is -2.20. The molecule has 3 rings (SSSR count). The number of hydrogen-bond acceptors (Lipinski definition) is 2. The summed E-state index contributed by atoms with van der Waals surface area (Å²) in [5, 5.41) is 4.03. The lowest BCUT2D eigenvalue weighted by Gasteiger charge is -2.11. The first-order valence-electron chi connectivity index (χ1n) is 12.1. The molecule has 32 heavy (non-hydrogen) atoms. The smallest absolute Gasteiger partial charge is 0.252 e. The van der Waals surface area contributed by atoms with Gasteiger partial charge in [0.15, 0.2) is 0 Å². The quantitative estimate of drug-likeness (QED) is 0.242. The average Bonchev–Trinajstić information content (AvgIpc) is 2.81. The van der Waals surface area contributed by atoms with Crippen molar-refractivity contribution in [2.24, 2.45) is 0 Å². The third-order valence-electron chi connectivity index (χ3n) is 5.90. The molecule has 170 valence electrons. The number of nitrogens with zero attached hydrogens (tertiary/aromatic N) is 1. The molecule has 0 aliphatic heterocycles. The molecule has 2 aromatic carbocycles. The van der Waals surface area contributed by atoms with Crippen molar-refractivity contribution in [3.63, 3.8) is 0 Å². The van der Waals surface area contributed by atoms with Gasteiger partial charge in [-0.15, -0.1) is 0 Å². The second-order valence-electron chi connectivity index (χ2n) is 8.52. The van der Waals surface area contributed by atoms with E-state index in [2.05, 4.69) is 28.2 Å². The van der Waals surface area contributed by atoms with Crippen molar-refractivity contribution in [2.45, 2.75) is 71.1 Å². The van der Waals surface area contributed by atoms with Crippen LogP contribution in [-0.4, -0.2) is 17.4 Å². The second kappa shape index (κ2) is 13.4. The van der Waals surface area contributed by atoms with Gasteiger partial charge < -0.3 is 5.32 Å². The van der Waals surface area contributed by atoms with Gasteiger partial charge in [-0.3, -0.25) is 4.79 Å². The Morgan fingerprint density at radius 3 is 2.25 bits per heavy atom. The van der Waals surface area contributed by atoms with E-state index in [1.54, 1.807) is 0 Å². The molecule has 1 heterocycles. The standard InChI is InChI=1S/C28H35BrN2O/c1-2-3-4-5-6-7-8-9-10-13-19-30-28(32)25-21-27(22-15-14-16-23(29)20-22)31-26-18-12-11-17-24(25)26/h11-12,14-18,20-21H,2-10,13,19H2,1H3,(H,30,32). The Balaban J connectivity index is 1.52. The summed E-state index contributed by atoms with van der Waals surface area (Å²) in [5.41, 5.74) is 3.34. The van der Waals surface area contributed by atoms with E-state index in [-0.39, 0.29) is 5.91 Å². The lowest BCUT2D eigenvalue weighted by Crippen LogP contribution is -2.24. The van der Waals surface area contributed by atoms with Gasteiger partial charge in [-0.2, -0.15) is 0 Å². The monoisotopic (exact) mass is 494 g/mol. The number of hydrogen-bond donors (Lipinski definition) is 1. The molecule has 0 bridgehead atoms. The van der Waals surface area contributed by atoms with Gasteiger partial charge in [0, 0.05) is 22.0 Å². The molecular weight excluding hydrogens is 460 g/mol. The number of rotatable bonds is 13. The number of fused-ring (bicyclic) bond motifs is 1. The number of unbranched alkanes of at least 4 members (excludes halogenated alkanes) is 9. The summed E-state index contributed by atoms with van der Waals surface area (Å²) in [5.74, 6) is -0.0178. The molecule has 0 spiro atoms. The lowest BCUT2D eigenvalue weighted by atomic mass is 10.0. The maximum absolute atomic E-state index is 13.0. The molecule has 0 aliphatic carbocycles. The summed E-state index contributed by atoms with van der Waals surface area (Å²) >= 11 is 3.53. The largest absolute Gasteiger partial charge is 0.352 e. The number of carbonyl (C=O) groups is 1. The summed E-state index contributed by atoms with van der Waals surface area (Å²) in [4.78, 5) is 17.8. The predicted octanol–water partition coefficient (Wildman–Crippen LogP) is 8.32. The van der Waals surface area contributed by atoms with Crippen LogP contribution in [0.5, 0.6) is 0 Å². The van der Waals surface area contributed by atoms with Crippen LogP contribution >= 0.6 is 15.9 Å². The minimum absolute atomic E-state index is 0.0178. The molecule has 0 aliphatic rings. The van der Waals surface area contributed by atoms with Crippen LogP contribution in [0, 0.1) is 0 Å². The van der Waals surface area contributed by atoms with Gasteiger partial charge in [0.2, 0.25) is 0 Å². The van der Waals surface area contributed by atoms with E-state index >= 15 is 0 Å². The minimum atomic E-state index is -0.0178. The number of para-hydroxylation sites is 1. The van der Waals surface area contributed by atoms with E-state index in [1.165, 1.54) is 57.8 Å². The number of carbonyl (C=O) groups excluding carboxylic acids is 1. The summed E-state index contributed by atoms with van der Waals surface area (Å²) in [7, 11) is 0. The molecule has 0 radical (unpaired) electrons. The zero-order valence-electron chi connectivity index (χ0n) is 19.2. The molecule has 0 atom stereocenters. The highest BCUT2D eigenvalue weighted by Crippen LogP contribution is 2.26. The van der Waals surface area contributed by atoms with Crippen LogP contribution in [0.25, 0.3) is 22.2 Å². The van der Waals surface area contributed by atoms with E-state index in [1.807, 2.05) is 54.6 Å². The first-order valence-corrected chi connectivity index (χ1v) is 12.9. The minimum Gasteiger partial charge on any atom is -0.352 e. The normalized spacial score (nSPS) is 11.1. The van der Waals surface area contributed by atoms with Crippen LogP contribution in [0.1, 0.15) is 81.5 Å². The fourth-order valence-electron chi connectivity index (χ4n) is 4.07. The van der Waals surface area contributed by atoms with Gasteiger partial charge in [-0.1, -0.05) is 111 Å². The van der Waals surface area contributed by atoms with Crippen molar-refractivity contribution < 1.29 is 4.79 Å². The zero-order valence-corrected chi connectivity index (χ0v) is 20.8. The predicted molar refractivity (Wildman–Crippen MR) is 139 cm³/mol. The summed E-state index contributed by atoms with van der Waals surface area (Å²) in [6.07, 6.45) is 12.9. The molecule has 0 saturated heterocycles. The van der Waals surface area contributed by atoms with Gasteiger partial charge in [-0.25, -0.2) is 4.98 Å². The molecule has 1 amide bonds. The van der Waals surface area contributed by atoms with Crippen molar-refractivity contribution in [2.75, 3.05) is 6.54 Å². The Labute approximate surface area is 201 Å². The molecule has 0 unspecified atom stereocenters. The first-order chi connectivity index (χ1) is 15.7. The Morgan fingerprint density at radius 1 is 0.844 bits per heavy atom. The van der Waals surface area contributed by atoms with E-state index < -0.39 is 0 Å². The van der Waals surface area contributed by atoms with Gasteiger partial charge >= 0.3 is 0 Å². The molecule has 0 saturated carbocycles. The van der Waals surface area contributed by atoms with E-state index in [0.717, 1.165) is 39.6 Å². The summed E-state index contributed by atoms with van der Waals surface area (Å²) in [6, 6.07) is 17.8. The maximum Gasteiger partial charge on any atom is 0.252 e. The molecule has 1 N–H and O–H groups in total. The van der Waals surface area contributed by atoms with Crippen LogP contribution < -0.4 is 5.32 Å². The Bertz CT molecular complexity index is 1000. The van der Waals surface area contributed by atoms with E-state index in [9.17, 15) is 4.79 Å². The van der Waals surface area contributed by atoms with Crippen LogP contribution in [0.15, 0.2) is 59.1 Å². The SMILES string of the molecule is CCCCCCCCCCCCNC(=O)c1cc(-c2cccc(Br)c2)nc2ccccc12. The number of halogens is 1. The highest BCUT2D eigenvalue weighted by Gasteiger charge is 2.13. The third kappa shape index (κ3) is 7.44. The number of aromatic nitrogens is 1. The fourth-order valence-corrected chi connectivity index (χ4v) is 4.47. The Kier molecular flexibility index (Phi) is 10.2. The number of nitrogens with one attached hydrogen (secondary N) is 1. The van der Waals surface area contributed by atoms with Crippen LogP contribution in [-0.2, 0) is 0 Å². The highest BCUT2D eigenvalue weighted by atomic mass is 79.9. The third-order valence-corrected chi connectivity index (χ3v) is 6.39. The average molecular weight is 496 g/mol. The van der Waals surface area contributed by atoms with Crippen molar-refractivity contribution in [3.8, 4) is 11.3 Å². The van der Waals surface area contributed by atoms with Gasteiger partial charge in [0.25, 0.3) is 5.91 Å². The number of benzene rings is 2. The second-order valence-corrected chi connectivity index (χ2v) is 9.44. The first kappa shape index (κ1) is 24.4. The van der Waals surface area contributed by atoms with Gasteiger partial charge in [0.05, 0.1) is 16.8 Å². The van der Waals surface area contributed by atoms with Crippen LogP contribution in [0.4, 0.5) is 0 Å². The molecule has 3 nitrogen and oxygen atoms in total. The number of amides is 1. The topological polar surface area (TPSA) is 42.0 Å². The lowest BCUT2D eigenvalue weighted by molar-refractivity contribution is 0.0954. The maximum atomic E-state index is 13.0. The van der Waals surface area contributed by atoms with E-state index in [0.29, 0.717) is 5.56 Å². The van der Waals surface area contributed by atoms with Crippen LogP contribution in [0.2, 0.25) is 0 Å². The van der Waals surface area contributed by atoms with E-state index in [4.69, 9.17) is 4.98 Å².